The van der Waals surface area contributed by atoms with Crippen molar-refractivity contribution in [3.05, 3.63) is 52.0 Å². The molecule has 0 aliphatic rings. The summed E-state index contributed by atoms with van der Waals surface area (Å²) >= 11 is 3.37. The Bertz CT molecular complexity index is 835. The summed E-state index contributed by atoms with van der Waals surface area (Å²) in [6.45, 7) is 4.02. The number of thiazole rings is 1. The van der Waals surface area contributed by atoms with Crippen molar-refractivity contribution in [3.8, 4) is 16.3 Å². The van der Waals surface area contributed by atoms with Gasteiger partial charge in [-0.15, -0.1) is 22.7 Å². The van der Waals surface area contributed by atoms with Gasteiger partial charge in [0.1, 0.15) is 11.4 Å². The minimum Gasteiger partial charge on any atom is -0.492 e. The van der Waals surface area contributed by atoms with E-state index in [9.17, 15) is 0 Å². The number of aromatic nitrogens is 1. The van der Waals surface area contributed by atoms with Gasteiger partial charge in [-0.3, -0.25) is 0 Å². The maximum Gasteiger partial charge on any atom is 0.190 e. The molecule has 0 bridgehead atoms. The highest BCUT2D eigenvalue weighted by Gasteiger charge is 2.10. The molecule has 1 aromatic carbocycles. The minimum atomic E-state index is 0.626. The monoisotopic (exact) mass is 360 g/mol. The van der Waals surface area contributed by atoms with Crippen molar-refractivity contribution in [1.82, 2.24) is 4.57 Å². The van der Waals surface area contributed by atoms with Crippen molar-refractivity contribution in [2.45, 2.75) is 13.5 Å². The molecule has 24 heavy (non-hydrogen) atoms. The van der Waals surface area contributed by atoms with Gasteiger partial charge < -0.3 is 14.0 Å². The number of ether oxygens (including phenoxy) is 2. The highest BCUT2D eigenvalue weighted by Crippen LogP contribution is 2.28. The summed E-state index contributed by atoms with van der Waals surface area (Å²) in [5.74, 6) is 0.810. The highest BCUT2D eigenvalue weighted by atomic mass is 32.1. The molecule has 0 radical (unpaired) electrons. The topological polar surface area (TPSA) is 35.8 Å². The van der Waals surface area contributed by atoms with Crippen LogP contribution in [0.15, 0.2) is 52.2 Å². The van der Waals surface area contributed by atoms with Gasteiger partial charge in [-0.05, 0) is 30.5 Å². The molecular weight excluding hydrogens is 340 g/mol. The molecule has 0 unspecified atom stereocenters. The Labute approximate surface area is 149 Å². The summed E-state index contributed by atoms with van der Waals surface area (Å²) in [5.41, 5.74) is 2.03. The third-order valence-corrected chi connectivity index (χ3v) is 5.23. The van der Waals surface area contributed by atoms with Crippen LogP contribution in [0.2, 0.25) is 0 Å². The van der Waals surface area contributed by atoms with Gasteiger partial charge in [0.2, 0.25) is 0 Å². The average molecular weight is 361 g/mol. The van der Waals surface area contributed by atoms with Crippen LogP contribution in [0.1, 0.15) is 6.92 Å². The van der Waals surface area contributed by atoms with Gasteiger partial charge in [0.25, 0.3) is 0 Å². The zero-order valence-electron chi connectivity index (χ0n) is 13.8. The fourth-order valence-corrected chi connectivity index (χ4v) is 4.13. The van der Waals surface area contributed by atoms with E-state index in [2.05, 4.69) is 27.5 Å². The Morgan fingerprint density at radius 1 is 1.12 bits per heavy atom. The van der Waals surface area contributed by atoms with Gasteiger partial charge in [0, 0.05) is 19.0 Å². The summed E-state index contributed by atoms with van der Waals surface area (Å²) < 4.78 is 13.2. The van der Waals surface area contributed by atoms with Crippen LogP contribution < -0.4 is 9.54 Å². The number of hydrogen-bond acceptors (Lipinski definition) is 5. The lowest BCUT2D eigenvalue weighted by molar-refractivity contribution is 0.187. The van der Waals surface area contributed by atoms with Crippen molar-refractivity contribution in [1.29, 1.82) is 0 Å². The number of nitrogens with zero attached hydrogens (tertiary/aromatic N) is 2. The Morgan fingerprint density at radius 3 is 2.75 bits per heavy atom. The number of benzene rings is 1. The fourth-order valence-electron chi connectivity index (χ4n) is 2.37. The molecule has 3 rings (SSSR count). The van der Waals surface area contributed by atoms with E-state index in [4.69, 9.17) is 14.5 Å². The summed E-state index contributed by atoms with van der Waals surface area (Å²) in [4.78, 5) is 7.03. The van der Waals surface area contributed by atoms with E-state index in [-0.39, 0.29) is 0 Å². The van der Waals surface area contributed by atoms with Crippen molar-refractivity contribution >= 4 is 28.4 Å². The minimum absolute atomic E-state index is 0.626. The van der Waals surface area contributed by atoms with Crippen LogP contribution in [0.3, 0.4) is 0 Å². The van der Waals surface area contributed by atoms with E-state index in [0.29, 0.717) is 13.2 Å². The molecule has 2 aromatic heterocycles. The quantitative estimate of drug-likeness (QED) is 0.619. The smallest absolute Gasteiger partial charge is 0.190 e. The van der Waals surface area contributed by atoms with Crippen LogP contribution in [0, 0.1) is 0 Å². The van der Waals surface area contributed by atoms with Crippen LogP contribution in [-0.2, 0) is 11.3 Å². The van der Waals surface area contributed by atoms with Crippen molar-refractivity contribution < 1.29 is 9.47 Å². The van der Waals surface area contributed by atoms with E-state index in [1.54, 1.807) is 29.8 Å². The lowest BCUT2D eigenvalue weighted by Gasteiger charge is -2.08. The van der Waals surface area contributed by atoms with Crippen molar-refractivity contribution in [2.24, 2.45) is 4.99 Å². The van der Waals surface area contributed by atoms with E-state index < -0.39 is 0 Å². The van der Waals surface area contributed by atoms with Gasteiger partial charge in [-0.25, -0.2) is 4.99 Å². The van der Waals surface area contributed by atoms with Gasteiger partial charge in [-0.1, -0.05) is 18.2 Å². The molecule has 0 amide bonds. The first-order valence-electron chi connectivity index (χ1n) is 7.81. The number of hydrogen-bond donors (Lipinski definition) is 0. The number of rotatable bonds is 7. The predicted octanol–water partition coefficient (Wildman–Crippen LogP) is 4.56. The van der Waals surface area contributed by atoms with E-state index in [1.165, 1.54) is 10.6 Å². The molecule has 3 aromatic rings. The van der Waals surface area contributed by atoms with Gasteiger partial charge in [0.05, 0.1) is 23.8 Å². The molecule has 0 fully saturated rings. The fraction of sp³-hybridized carbons (Fsp3) is 0.278. The largest absolute Gasteiger partial charge is 0.492 e. The first-order valence-corrected chi connectivity index (χ1v) is 9.57. The maximum atomic E-state index is 5.69. The molecule has 0 saturated heterocycles. The molecule has 126 valence electrons. The molecular formula is C18H20N2O2S2. The number of thiophene rings is 1. The molecule has 4 nitrogen and oxygen atoms in total. The Morgan fingerprint density at radius 2 is 2.00 bits per heavy atom. The molecule has 0 spiro atoms. The van der Waals surface area contributed by atoms with Gasteiger partial charge in [0.15, 0.2) is 4.80 Å². The summed E-state index contributed by atoms with van der Waals surface area (Å²) in [6.07, 6.45) is 0. The molecule has 6 heteroatoms. The highest BCUT2D eigenvalue weighted by molar-refractivity contribution is 7.14. The zero-order chi connectivity index (χ0) is 16.8. The Kier molecular flexibility index (Phi) is 5.85. The molecule has 0 N–H and O–H groups in total. The Balaban J connectivity index is 2.07. The van der Waals surface area contributed by atoms with Crippen LogP contribution in [0.25, 0.3) is 10.6 Å². The lowest BCUT2D eigenvalue weighted by atomic mass is 10.3. The zero-order valence-corrected chi connectivity index (χ0v) is 15.4. The van der Waals surface area contributed by atoms with E-state index >= 15 is 0 Å². The van der Waals surface area contributed by atoms with E-state index in [0.717, 1.165) is 22.8 Å². The standard InChI is InChI=1S/C18H20N2O2S2/c1-3-22-16-8-5-4-7-14(16)19-18-20(10-11-21-2)15(13-24-18)17-9-6-12-23-17/h4-9,12-13H,3,10-11H2,1-2H3. The number of methoxy groups -OCH3 is 1. The lowest BCUT2D eigenvalue weighted by Crippen LogP contribution is -2.18. The molecule has 0 aliphatic carbocycles. The third kappa shape index (κ3) is 3.77. The summed E-state index contributed by atoms with van der Waals surface area (Å²) in [7, 11) is 1.72. The maximum absolute atomic E-state index is 5.69. The SMILES string of the molecule is CCOc1ccccc1N=c1scc(-c2cccs2)n1CCOC. The van der Waals surface area contributed by atoms with Crippen LogP contribution >= 0.6 is 22.7 Å². The first-order chi connectivity index (χ1) is 11.8. The summed E-state index contributed by atoms with van der Waals surface area (Å²) in [5, 5.41) is 4.25. The summed E-state index contributed by atoms with van der Waals surface area (Å²) in [6, 6.07) is 12.1. The second kappa shape index (κ2) is 8.28. The van der Waals surface area contributed by atoms with Crippen LogP contribution in [0.4, 0.5) is 5.69 Å². The van der Waals surface area contributed by atoms with Gasteiger partial charge >= 0.3 is 0 Å². The van der Waals surface area contributed by atoms with Crippen molar-refractivity contribution in [3.63, 3.8) is 0 Å². The molecule has 0 atom stereocenters. The predicted molar refractivity (Wildman–Crippen MR) is 100 cm³/mol. The average Bonchev–Trinajstić information content (AvgIpc) is 3.24. The van der Waals surface area contributed by atoms with Crippen LogP contribution in [-0.4, -0.2) is 24.9 Å². The molecule has 0 saturated carbocycles. The van der Waals surface area contributed by atoms with Crippen LogP contribution in [0.5, 0.6) is 5.75 Å². The molecule has 0 aliphatic heterocycles. The van der Waals surface area contributed by atoms with Crippen molar-refractivity contribution in [2.75, 3.05) is 20.3 Å². The van der Waals surface area contributed by atoms with E-state index in [1.807, 2.05) is 31.2 Å². The Hall–Kier alpha value is -1.89. The van der Waals surface area contributed by atoms with Gasteiger partial charge in [-0.2, -0.15) is 0 Å². The number of para-hydroxylation sites is 2. The second-order valence-electron chi connectivity index (χ2n) is 5.04. The normalized spacial score (nSPS) is 11.8. The third-order valence-electron chi connectivity index (χ3n) is 3.47. The molecule has 2 heterocycles. The first kappa shape index (κ1) is 17.0. The second-order valence-corrected chi connectivity index (χ2v) is 6.82.